The maximum atomic E-state index is 13.1. The average molecular weight is 410 g/mol. The van der Waals surface area contributed by atoms with E-state index in [0.717, 1.165) is 18.6 Å². The van der Waals surface area contributed by atoms with Crippen LogP contribution in [0.5, 0.6) is 5.75 Å². The monoisotopic (exact) mass is 409 g/mol. The number of rotatable bonds is 5. The number of hydrogen-bond acceptors (Lipinski definition) is 5. The first-order valence-corrected chi connectivity index (χ1v) is 10.9. The van der Waals surface area contributed by atoms with Crippen molar-refractivity contribution in [1.82, 2.24) is 4.90 Å². The van der Waals surface area contributed by atoms with Crippen LogP contribution in [0.1, 0.15) is 12.0 Å². The van der Waals surface area contributed by atoms with Gasteiger partial charge in [0.1, 0.15) is 10.7 Å². The number of anilines is 1. The first kappa shape index (κ1) is 19.3. The van der Waals surface area contributed by atoms with E-state index in [0.29, 0.717) is 23.8 Å². The van der Waals surface area contributed by atoms with E-state index >= 15 is 0 Å². The summed E-state index contributed by atoms with van der Waals surface area (Å²) in [4.78, 5) is 6.87. The molecule has 0 amide bonds. The van der Waals surface area contributed by atoms with Crippen LogP contribution in [-0.4, -0.2) is 39.9 Å². The van der Waals surface area contributed by atoms with Crippen molar-refractivity contribution >= 4 is 27.2 Å². The van der Waals surface area contributed by atoms with Crippen LogP contribution in [0.25, 0.3) is 0 Å². The smallest absolute Gasteiger partial charge is 0.267 e. The molecular weight excluding hydrogens is 386 g/mol. The Balaban J connectivity index is 1.57. The summed E-state index contributed by atoms with van der Waals surface area (Å²) < 4.78 is 32.8. The number of methoxy groups -OCH3 is 1. The number of aliphatic imine (C=N–C) groups is 1. The zero-order chi connectivity index (χ0) is 20.4. The summed E-state index contributed by atoms with van der Waals surface area (Å²) in [5, 5.41) is 0. The van der Waals surface area contributed by atoms with Crippen LogP contribution in [0, 0.1) is 0 Å². The quantitative estimate of drug-likeness (QED) is 0.753. The highest BCUT2D eigenvalue weighted by molar-refractivity contribution is 7.97. The molecule has 0 N–H and O–H groups in total. The van der Waals surface area contributed by atoms with Crippen molar-refractivity contribution in [2.75, 3.05) is 25.0 Å². The predicted octanol–water partition coefficient (Wildman–Crippen LogP) is 3.85. The third-order valence-electron chi connectivity index (χ3n) is 5.12. The number of allylic oxidation sites excluding steroid dienone is 2. The van der Waals surface area contributed by atoms with E-state index in [2.05, 4.69) is 12.1 Å². The molecule has 0 bridgehead atoms. The Kier molecular flexibility index (Phi) is 5.15. The standard InChI is InChI=1S/C22H23N3O3S/c1-24-20-9-4-3-8-19(20)23-22-21(29(24,26)27)10-6-16-25(22)15-5-7-17-11-13-18(28-2)14-12-17/h3-4,6,8-14,16H,5,7,15H2,1-2H3. The highest BCUT2D eigenvalue weighted by Gasteiger charge is 2.35. The normalized spacial score (nSPS) is 17.0. The number of hydrogen-bond donors (Lipinski definition) is 0. The predicted molar refractivity (Wildman–Crippen MR) is 116 cm³/mol. The van der Waals surface area contributed by atoms with Gasteiger partial charge in [-0.3, -0.25) is 4.31 Å². The van der Waals surface area contributed by atoms with Crippen molar-refractivity contribution in [3.63, 3.8) is 0 Å². The molecule has 150 valence electrons. The SMILES string of the molecule is COc1ccc(CCCN2C=CC=C3C2=Nc2ccccc2N(C)S3(=O)=O)cc1. The molecule has 0 unspecified atom stereocenters. The maximum absolute atomic E-state index is 13.1. The van der Waals surface area contributed by atoms with Crippen LogP contribution in [0.3, 0.4) is 0 Å². The Labute approximate surface area is 171 Å². The van der Waals surface area contributed by atoms with Gasteiger partial charge < -0.3 is 9.64 Å². The second-order valence-corrected chi connectivity index (χ2v) is 8.85. The number of para-hydroxylation sites is 2. The van der Waals surface area contributed by atoms with Gasteiger partial charge in [0.25, 0.3) is 10.0 Å². The lowest BCUT2D eigenvalue weighted by molar-refractivity contribution is 0.414. The molecule has 0 spiro atoms. The Morgan fingerprint density at radius 1 is 1.07 bits per heavy atom. The Morgan fingerprint density at radius 3 is 2.59 bits per heavy atom. The summed E-state index contributed by atoms with van der Waals surface area (Å²) in [5.41, 5.74) is 2.43. The largest absolute Gasteiger partial charge is 0.497 e. The van der Waals surface area contributed by atoms with Gasteiger partial charge in [-0.2, -0.15) is 0 Å². The van der Waals surface area contributed by atoms with Crippen molar-refractivity contribution in [2.45, 2.75) is 12.8 Å². The van der Waals surface area contributed by atoms with Gasteiger partial charge in [-0.05, 0) is 54.8 Å². The third-order valence-corrected chi connectivity index (χ3v) is 6.91. The molecular formula is C22H23N3O3S. The molecule has 29 heavy (non-hydrogen) atoms. The summed E-state index contributed by atoms with van der Waals surface area (Å²) >= 11 is 0. The Bertz CT molecular complexity index is 1100. The fourth-order valence-corrected chi connectivity index (χ4v) is 4.84. The summed E-state index contributed by atoms with van der Waals surface area (Å²) in [6.07, 6.45) is 7.02. The van der Waals surface area contributed by atoms with Crippen molar-refractivity contribution in [2.24, 2.45) is 4.99 Å². The molecule has 2 aliphatic heterocycles. The van der Waals surface area contributed by atoms with Crippen LogP contribution in [0.15, 0.2) is 76.8 Å². The first-order valence-electron chi connectivity index (χ1n) is 9.46. The molecule has 0 atom stereocenters. The second kappa shape index (κ2) is 7.75. The number of nitrogens with zero attached hydrogens (tertiary/aromatic N) is 3. The summed E-state index contributed by atoms with van der Waals surface area (Å²) in [5.74, 6) is 1.31. The summed E-state index contributed by atoms with van der Waals surface area (Å²) in [6.45, 7) is 0.667. The summed E-state index contributed by atoms with van der Waals surface area (Å²) in [7, 11) is -0.451. The number of amidine groups is 1. The van der Waals surface area contributed by atoms with E-state index in [1.54, 1.807) is 32.4 Å². The van der Waals surface area contributed by atoms with E-state index < -0.39 is 10.0 Å². The zero-order valence-corrected chi connectivity index (χ0v) is 17.3. The topological polar surface area (TPSA) is 62.2 Å². The van der Waals surface area contributed by atoms with Crippen molar-refractivity contribution in [3.8, 4) is 5.75 Å². The Hall–Kier alpha value is -3.06. The number of fused-ring (bicyclic) bond motifs is 2. The molecule has 0 saturated carbocycles. The molecule has 6 nitrogen and oxygen atoms in total. The van der Waals surface area contributed by atoms with Crippen molar-refractivity contribution < 1.29 is 13.2 Å². The summed E-state index contributed by atoms with van der Waals surface area (Å²) in [6, 6.07) is 15.3. The minimum Gasteiger partial charge on any atom is -0.497 e. The van der Waals surface area contributed by atoms with Crippen molar-refractivity contribution in [1.29, 1.82) is 0 Å². The number of sulfonamides is 1. The zero-order valence-electron chi connectivity index (χ0n) is 16.4. The van der Waals surface area contributed by atoms with Crippen LogP contribution in [0.2, 0.25) is 0 Å². The molecule has 7 heteroatoms. The molecule has 0 radical (unpaired) electrons. The van der Waals surface area contributed by atoms with Gasteiger partial charge in [-0.15, -0.1) is 0 Å². The fourth-order valence-electron chi connectivity index (χ4n) is 3.48. The second-order valence-electron chi connectivity index (χ2n) is 6.91. The highest BCUT2D eigenvalue weighted by Crippen LogP contribution is 2.36. The first-order chi connectivity index (χ1) is 14.0. The minimum absolute atomic E-state index is 0.225. The van der Waals surface area contributed by atoms with E-state index in [9.17, 15) is 8.42 Å². The van der Waals surface area contributed by atoms with Gasteiger partial charge in [0.2, 0.25) is 0 Å². The van der Waals surface area contributed by atoms with Gasteiger partial charge in [-0.1, -0.05) is 24.3 Å². The molecule has 4 rings (SSSR count). The molecule has 2 aliphatic rings. The van der Waals surface area contributed by atoms with E-state index in [1.165, 1.54) is 9.87 Å². The van der Waals surface area contributed by atoms with Crippen molar-refractivity contribution in [3.05, 3.63) is 77.4 Å². The molecule has 2 aromatic rings. The number of ether oxygens (including phenoxy) is 1. The van der Waals surface area contributed by atoms with Crippen LogP contribution in [-0.2, 0) is 16.4 Å². The number of benzene rings is 2. The molecule has 0 saturated heterocycles. The van der Waals surface area contributed by atoms with Gasteiger partial charge in [0, 0.05) is 19.8 Å². The molecule has 0 aromatic heterocycles. The molecule has 0 fully saturated rings. The maximum Gasteiger partial charge on any atom is 0.267 e. The molecule has 0 aliphatic carbocycles. The lowest BCUT2D eigenvalue weighted by atomic mass is 10.1. The third kappa shape index (κ3) is 3.65. The number of aryl methyl sites for hydroxylation is 1. The Morgan fingerprint density at radius 2 is 1.83 bits per heavy atom. The lowest BCUT2D eigenvalue weighted by Gasteiger charge is -2.26. The van der Waals surface area contributed by atoms with Gasteiger partial charge in [-0.25, -0.2) is 13.4 Å². The van der Waals surface area contributed by atoms with E-state index in [1.807, 2.05) is 41.4 Å². The van der Waals surface area contributed by atoms with E-state index in [-0.39, 0.29) is 4.91 Å². The highest BCUT2D eigenvalue weighted by atomic mass is 32.2. The van der Waals surface area contributed by atoms with E-state index in [4.69, 9.17) is 9.73 Å². The van der Waals surface area contributed by atoms with Crippen LogP contribution in [0.4, 0.5) is 11.4 Å². The molecule has 2 heterocycles. The van der Waals surface area contributed by atoms with Crippen LogP contribution < -0.4 is 9.04 Å². The minimum atomic E-state index is -3.67. The molecule has 2 aromatic carbocycles. The van der Waals surface area contributed by atoms with Crippen LogP contribution >= 0.6 is 0 Å². The average Bonchev–Trinajstić information content (AvgIpc) is 2.82. The fraction of sp³-hybridized carbons (Fsp3) is 0.227. The van der Waals surface area contributed by atoms with Gasteiger partial charge >= 0.3 is 0 Å². The van der Waals surface area contributed by atoms with Gasteiger partial charge in [0.15, 0.2) is 5.84 Å². The van der Waals surface area contributed by atoms with Gasteiger partial charge in [0.05, 0.1) is 18.5 Å². The lowest BCUT2D eigenvalue weighted by Crippen LogP contribution is -2.37.